The second kappa shape index (κ2) is 21.7. The summed E-state index contributed by atoms with van der Waals surface area (Å²) in [6.45, 7) is 9.93. The zero-order valence-corrected chi connectivity index (χ0v) is 38.9. The molecule has 0 aliphatic carbocycles. The van der Waals surface area contributed by atoms with Gasteiger partial charge in [0.1, 0.15) is 32.6 Å². The number of ether oxygens (including phenoxy) is 2. The number of benzene rings is 2. The number of aldehydes is 2. The van der Waals surface area contributed by atoms with Crippen LogP contribution in [0.15, 0.2) is 59.9 Å². The van der Waals surface area contributed by atoms with Crippen LogP contribution in [0.4, 0.5) is 56.3 Å². The smallest absolute Gasteiger partial charge is 0.313 e. The number of methoxy groups -OCH3 is 2. The van der Waals surface area contributed by atoms with Crippen molar-refractivity contribution in [3.05, 3.63) is 34.0 Å². The van der Waals surface area contributed by atoms with Crippen LogP contribution in [0.25, 0.3) is 0 Å². The molecule has 5 N–H and O–H groups in total. The van der Waals surface area contributed by atoms with Gasteiger partial charge >= 0.3 is 20.2 Å². The first-order valence-corrected chi connectivity index (χ1v) is 24.2. The Labute approximate surface area is 378 Å². The molecule has 0 aliphatic heterocycles. The highest BCUT2D eigenvalue weighted by Crippen LogP contribution is 2.43. The summed E-state index contributed by atoms with van der Waals surface area (Å²) < 4.78 is 77.9. The van der Waals surface area contributed by atoms with Gasteiger partial charge in [-0.2, -0.15) is 31.8 Å². The van der Waals surface area contributed by atoms with E-state index >= 15 is 0 Å². The van der Waals surface area contributed by atoms with Crippen molar-refractivity contribution in [3.8, 4) is 11.5 Å². The molecule has 29 heteroatoms. The Bertz CT molecular complexity index is 2600. The van der Waals surface area contributed by atoms with E-state index in [2.05, 4.69) is 56.0 Å². The van der Waals surface area contributed by atoms with Crippen molar-refractivity contribution in [1.29, 1.82) is 0 Å². The Morgan fingerprint density at radius 2 is 1.08 bits per heavy atom. The molecule has 0 amide bonds. The summed E-state index contributed by atoms with van der Waals surface area (Å²) >= 11 is 2.29. The van der Waals surface area contributed by atoms with E-state index in [-0.39, 0.29) is 84.8 Å². The summed E-state index contributed by atoms with van der Waals surface area (Å²) in [5.74, 6) is 0.935. The fraction of sp³-hybridized carbons (Fsp3) is 0.343. The molecule has 3 aromatic heterocycles. The van der Waals surface area contributed by atoms with E-state index in [9.17, 15) is 40.6 Å². The Balaban J connectivity index is 1.66. The van der Waals surface area contributed by atoms with Crippen molar-refractivity contribution in [2.45, 2.75) is 42.9 Å². The van der Waals surface area contributed by atoms with E-state index in [1.807, 2.05) is 37.5 Å². The number of nitrogens with zero attached hydrogens (tertiary/aromatic N) is 11. The van der Waals surface area contributed by atoms with E-state index in [1.54, 1.807) is 24.3 Å². The van der Waals surface area contributed by atoms with Crippen LogP contribution in [0.2, 0.25) is 0 Å². The standard InChI is InChI=1S/C35H41N13O11S5/c1-7-47(8-2)23-13-19(21(15-25(23)58-5)43-45-34-38-29(63(52,53)54)27(17-50)61-34)36-31-40-32(42-33(41-31)60-12-11-49)37-20-14-24(48(9-3)10-4)26(59-6)16-22(20)44-46-35-39-30(64(55,56)57)28(18-51)62-35/h13-18,49H,7-12H2,1-6H3,(H,52,53,54)(H,55,56,57)(H2,36,37,40,41,42)/b45-43+,46-44+. The molecular formula is C35H41N13O11S5. The molecule has 5 aromatic rings. The third kappa shape index (κ3) is 11.8. The minimum atomic E-state index is -4.84. The van der Waals surface area contributed by atoms with Crippen LogP contribution in [-0.4, -0.2) is 121 Å². The second-order valence-corrected chi connectivity index (χ2v) is 18.2. The first-order chi connectivity index (χ1) is 30.5. The van der Waals surface area contributed by atoms with Crippen LogP contribution in [0, 0.1) is 0 Å². The summed E-state index contributed by atoms with van der Waals surface area (Å²) in [6.07, 6.45) is 0.451. The van der Waals surface area contributed by atoms with Gasteiger partial charge in [0.15, 0.2) is 17.7 Å². The molecule has 0 radical (unpaired) electrons. The summed E-state index contributed by atoms with van der Waals surface area (Å²) in [5, 5.41) is 30.6. The summed E-state index contributed by atoms with van der Waals surface area (Å²) in [5.41, 5.74) is 2.08. The van der Waals surface area contributed by atoms with Crippen LogP contribution in [0.5, 0.6) is 11.5 Å². The van der Waals surface area contributed by atoms with Crippen LogP contribution >= 0.6 is 34.4 Å². The van der Waals surface area contributed by atoms with Gasteiger partial charge in [0, 0.05) is 44.1 Å². The minimum Gasteiger partial charge on any atom is -0.494 e. The number of thioether (sulfide) groups is 1. The Morgan fingerprint density at radius 1 is 0.672 bits per heavy atom. The molecule has 0 fully saturated rings. The maximum Gasteiger partial charge on any atom is 0.313 e. The van der Waals surface area contributed by atoms with E-state index in [4.69, 9.17) is 9.47 Å². The van der Waals surface area contributed by atoms with Crippen LogP contribution in [-0.2, 0) is 20.2 Å². The van der Waals surface area contributed by atoms with E-state index in [0.717, 1.165) is 11.8 Å². The molecule has 0 aliphatic rings. The van der Waals surface area contributed by atoms with E-state index in [0.29, 0.717) is 71.7 Å². The maximum atomic E-state index is 11.8. The molecule has 342 valence electrons. The van der Waals surface area contributed by atoms with E-state index in [1.165, 1.54) is 14.2 Å². The predicted molar refractivity (Wildman–Crippen MR) is 240 cm³/mol. The lowest BCUT2D eigenvalue weighted by Crippen LogP contribution is -2.22. The average molecular weight is 980 g/mol. The van der Waals surface area contributed by atoms with Gasteiger partial charge in [-0.25, -0.2) is 9.97 Å². The summed E-state index contributed by atoms with van der Waals surface area (Å²) in [7, 11) is -6.75. The van der Waals surface area contributed by atoms with Crippen molar-refractivity contribution in [1.82, 2.24) is 24.9 Å². The minimum absolute atomic E-state index is 0.0289. The van der Waals surface area contributed by atoms with Crippen LogP contribution in [0.1, 0.15) is 47.0 Å². The van der Waals surface area contributed by atoms with Gasteiger partial charge in [-0.15, -0.1) is 20.5 Å². The maximum absolute atomic E-state index is 11.8. The van der Waals surface area contributed by atoms with Crippen molar-refractivity contribution >= 4 is 124 Å². The SMILES string of the molecule is CCN(CC)c1cc(Nc2nc(Nc3cc(N(CC)CC)c(OC)cc3/N=N/c3nc(S(=O)(=O)O)c(C=O)s3)nc(SCCO)n2)c(/N=N/c2nc(S(=O)(=O)O)c(C=O)s2)cc1OC. The lowest BCUT2D eigenvalue weighted by molar-refractivity contribution is 0.111. The lowest BCUT2D eigenvalue weighted by atomic mass is 10.2. The average Bonchev–Trinajstić information content (AvgIpc) is 3.91. The molecule has 0 unspecified atom stereocenters. The predicted octanol–water partition coefficient (Wildman–Crippen LogP) is 7.02. The zero-order valence-electron chi connectivity index (χ0n) is 34.8. The largest absolute Gasteiger partial charge is 0.494 e. The third-order valence-electron chi connectivity index (χ3n) is 8.64. The number of anilines is 6. The van der Waals surface area contributed by atoms with Crippen molar-refractivity contribution in [3.63, 3.8) is 0 Å². The molecule has 64 heavy (non-hydrogen) atoms. The van der Waals surface area contributed by atoms with Gasteiger partial charge in [-0.05, 0) is 39.8 Å². The van der Waals surface area contributed by atoms with Gasteiger partial charge in [0.05, 0.1) is 43.6 Å². The fourth-order valence-corrected chi connectivity index (χ4v) is 9.53. The van der Waals surface area contributed by atoms with Crippen LogP contribution in [0.3, 0.4) is 0 Å². The normalized spacial score (nSPS) is 11.9. The molecule has 5 rings (SSSR count). The van der Waals surface area contributed by atoms with Gasteiger partial charge in [0.2, 0.25) is 32.2 Å². The molecule has 24 nitrogen and oxygen atoms in total. The molecule has 0 bridgehead atoms. The van der Waals surface area contributed by atoms with Crippen molar-refractivity contribution in [2.24, 2.45) is 20.5 Å². The Kier molecular flexibility index (Phi) is 16.7. The first kappa shape index (κ1) is 49.2. The molecule has 0 spiro atoms. The molecule has 2 aromatic carbocycles. The molecule has 0 atom stereocenters. The number of carbonyl (C=O) groups is 2. The second-order valence-electron chi connectivity index (χ2n) is 12.4. The molecule has 0 saturated carbocycles. The zero-order chi connectivity index (χ0) is 46.8. The Morgan fingerprint density at radius 3 is 1.39 bits per heavy atom. The number of rotatable bonds is 23. The summed E-state index contributed by atoms with van der Waals surface area (Å²) in [4.78, 5) is 47.7. The van der Waals surface area contributed by atoms with Gasteiger partial charge in [0.25, 0.3) is 0 Å². The molecular weight excluding hydrogens is 939 g/mol. The number of nitrogens with one attached hydrogen (secondary N) is 2. The number of azo groups is 2. The van der Waals surface area contributed by atoms with Crippen molar-refractivity contribution in [2.75, 3.05) is 73.2 Å². The highest BCUT2D eigenvalue weighted by molar-refractivity contribution is 7.99. The van der Waals surface area contributed by atoms with Crippen LogP contribution < -0.4 is 29.9 Å². The summed E-state index contributed by atoms with van der Waals surface area (Å²) in [6, 6.07) is 6.53. The van der Waals surface area contributed by atoms with Gasteiger partial charge < -0.3 is 35.0 Å². The molecule has 0 saturated heterocycles. The number of carbonyl (C=O) groups excluding carboxylic acids is 2. The number of hydrogen-bond donors (Lipinski definition) is 5. The fourth-order valence-electron chi connectivity index (χ4n) is 5.75. The first-order valence-electron chi connectivity index (χ1n) is 18.7. The van der Waals surface area contributed by atoms with Gasteiger partial charge in [-0.1, -0.05) is 34.4 Å². The monoisotopic (exact) mass is 979 g/mol. The quantitative estimate of drug-likeness (QED) is 0.0190. The van der Waals surface area contributed by atoms with E-state index < -0.39 is 30.3 Å². The number of aromatic nitrogens is 5. The Hall–Kier alpha value is -5.82. The number of aliphatic hydroxyl groups is 1. The highest BCUT2D eigenvalue weighted by atomic mass is 32.2. The number of hydrogen-bond acceptors (Lipinski definition) is 25. The lowest BCUT2D eigenvalue weighted by Gasteiger charge is -2.25. The third-order valence-corrected chi connectivity index (χ3v) is 13.1. The van der Waals surface area contributed by atoms with Crippen molar-refractivity contribution < 1.29 is 50.1 Å². The highest BCUT2D eigenvalue weighted by Gasteiger charge is 2.24. The topological polar surface area (TPSA) is 326 Å². The molecule has 3 heterocycles. The number of aliphatic hydroxyl groups excluding tert-OH is 1. The van der Waals surface area contributed by atoms with Gasteiger partial charge in [-0.3, -0.25) is 18.7 Å². The number of thiazole rings is 2.